The molecule has 0 saturated carbocycles. The SMILES string of the molecule is CC[C@H](N)COC(=O)C(C)C.Cl. The van der Waals surface area contributed by atoms with Crippen LogP contribution in [0.5, 0.6) is 0 Å². The molecule has 0 bridgehead atoms. The van der Waals surface area contributed by atoms with E-state index in [4.69, 9.17) is 10.5 Å². The first-order valence-electron chi connectivity index (χ1n) is 4.00. The van der Waals surface area contributed by atoms with Crippen molar-refractivity contribution in [1.29, 1.82) is 0 Å². The largest absolute Gasteiger partial charge is 0.464 e. The maximum absolute atomic E-state index is 10.9. The van der Waals surface area contributed by atoms with Gasteiger partial charge in [-0.1, -0.05) is 20.8 Å². The molecule has 0 saturated heterocycles. The Morgan fingerprint density at radius 2 is 2.00 bits per heavy atom. The standard InChI is InChI=1S/C8H17NO2.ClH/c1-4-7(9)5-11-8(10)6(2)3;/h6-7H,4-5,9H2,1-3H3;1H/t7-;/m0./s1. The van der Waals surface area contributed by atoms with Gasteiger partial charge in [0.2, 0.25) is 0 Å². The van der Waals surface area contributed by atoms with E-state index in [1.165, 1.54) is 0 Å². The Bertz CT molecular complexity index is 128. The van der Waals surface area contributed by atoms with Crippen LogP contribution in [0.3, 0.4) is 0 Å². The normalized spacial score (nSPS) is 12.1. The monoisotopic (exact) mass is 195 g/mol. The highest BCUT2D eigenvalue weighted by Gasteiger charge is 2.09. The van der Waals surface area contributed by atoms with Crippen molar-refractivity contribution in [2.45, 2.75) is 33.2 Å². The van der Waals surface area contributed by atoms with E-state index < -0.39 is 0 Å². The van der Waals surface area contributed by atoms with Gasteiger partial charge >= 0.3 is 5.97 Å². The van der Waals surface area contributed by atoms with Crippen LogP contribution in [0.15, 0.2) is 0 Å². The van der Waals surface area contributed by atoms with E-state index in [1.54, 1.807) is 13.8 Å². The van der Waals surface area contributed by atoms with Gasteiger partial charge in [0.15, 0.2) is 0 Å². The summed E-state index contributed by atoms with van der Waals surface area (Å²) in [4.78, 5) is 10.9. The Kier molecular flexibility index (Phi) is 8.76. The second-order valence-electron chi connectivity index (χ2n) is 2.95. The molecule has 0 aliphatic carbocycles. The predicted molar refractivity (Wildman–Crippen MR) is 51.3 cm³/mol. The zero-order chi connectivity index (χ0) is 8.85. The highest BCUT2D eigenvalue weighted by Crippen LogP contribution is 1.97. The summed E-state index contributed by atoms with van der Waals surface area (Å²) in [5, 5.41) is 0. The van der Waals surface area contributed by atoms with Crippen LogP contribution in [0.4, 0.5) is 0 Å². The van der Waals surface area contributed by atoms with Gasteiger partial charge in [0.1, 0.15) is 6.61 Å². The average Bonchev–Trinajstić information content (AvgIpc) is 1.99. The molecule has 0 aromatic rings. The number of carbonyl (C=O) groups excluding carboxylic acids is 1. The number of carbonyl (C=O) groups is 1. The topological polar surface area (TPSA) is 52.3 Å². The van der Waals surface area contributed by atoms with Crippen molar-refractivity contribution in [2.75, 3.05) is 6.61 Å². The fraction of sp³-hybridized carbons (Fsp3) is 0.875. The summed E-state index contributed by atoms with van der Waals surface area (Å²) in [6, 6.07) is -0.0160. The molecule has 4 heteroatoms. The van der Waals surface area contributed by atoms with Gasteiger partial charge in [0.25, 0.3) is 0 Å². The molecule has 74 valence electrons. The zero-order valence-corrected chi connectivity index (χ0v) is 8.69. The fourth-order valence-corrected chi connectivity index (χ4v) is 0.474. The molecule has 0 aliphatic heterocycles. The van der Waals surface area contributed by atoms with Crippen LogP contribution in [0.2, 0.25) is 0 Å². The molecule has 0 heterocycles. The highest BCUT2D eigenvalue weighted by molar-refractivity contribution is 5.85. The van der Waals surface area contributed by atoms with Crippen molar-refractivity contribution in [3.8, 4) is 0 Å². The molecule has 0 spiro atoms. The highest BCUT2D eigenvalue weighted by atomic mass is 35.5. The van der Waals surface area contributed by atoms with Crippen LogP contribution in [-0.2, 0) is 9.53 Å². The van der Waals surface area contributed by atoms with Crippen LogP contribution in [0, 0.1) is 5.92 Å². The Balaban J connectivity index is 0. The molecule has 0 rings (SSSR count). The molecule has 0 aromatic carbocycles. The molecule has 0 radical (unpaired) electrons. The summed E-state index contributed by atoms with van der Waals surface area (Å²) in [6.45, 7) is 5.92. The summed E-state index contributed by atoms with van der Waals surface area (Å²) in [5.41, 5.74) is 5.54. The molecule has 2 N–H and O–H groups in total. The molecule has 0 aliphatic rings. The van der Waals surface area contributed by atoms with Crippen LogP contribution in [0.25, 0.3) is 0 Å². The lowest BCUT2D eigenvalue weighted by molar-refractivity contribution is -0.147. The molecular formula is C8H18ClNO2. The summed E-state index contributed by atoms with van der Waals surface area (Å²) in [6.07, 6.45) is 0.839. The molecular weight excluding hydrogens is 178 g/mol. The van der Waals surface area contributed by atoms with Crippen LogP contribution >= 0.6 is 12.4 Å². The lowest BCUT2D eigenvalue weighted by Gasteiger charge is -2.10. The van der Waals surface area contributed by atoms with Crippen molar-refractivity contribution in [1.82, 2.24) is 0 Å². The molecule has 0 amide bonds. The minimum Gasteiger partial charge on any atom is -0.464 e. The van der Waals surface area contributed by atoms with Gasteiger partial charge in [-0.2, -0.15) is 0 Å². The first-order chi connectivity index (χ1) is 5.07. The number of hydrogen-bond acceptors (Lipinski definition) is 3. The maximum Gasteiger partial charge on any atom is 0.308 e. The number of nitrogens with two attached hydrogens (primary N) is 1. The van der Waals surface area contributed by atoms with Crippen molar-refractivity contribution >= 4 is 18.4 Å². The minimum absolute atomic E-state index is 0. The van der Waals surface area contributed by atoms with Crippen molar-refractivity contribution < 1.29 is 9.53 Å². The Hall–Kier alpha value is -0.280. The lowest BCUT2D eigenvalue weighted by Crippen LogP contribution is -2.27. The fourth-order valence-electron chi connectivity index (χ4n) is 0.474. The van der Waals surface area contributed by atoms with E-state index in [1.807, 2.05) is 6.92 Å². The number of rotatable bonds is 4. The third kappa shape index (κ3) is 6.43. The summed E-state index contributed by atoms with van der Waals surface area (Å²) in [5.74, 6) is -0.229. The van der Waals surface area contributed by atoms with Crippen molar-refractivity contribution in [2.24, 2.45) is 11.7 Å². The first-order valence-corrected chi connectivity index (χ1v) is 4.00. The number of hydrogen-bond donors (Lipinski definition) is 1. The van der Waals surface area contributed by atoms with Gasteiger partial charge in [-0.3, -0.25) is 4.79 Å². The van der Waals surface area contributed by atoms with Crippen molar-refractivity contribution in [3.05, 3.63) is 0 Å². The molecule has 0 aromatic heterocycles. The van der Waals surface area contributed by atoms with Gasteiger partial charge < -0.3 is 10.5 Å². The molecule has 0 unspecified atom stereocenters. The summed E-state index contributed by atoms with van der Waals surface area (Å²) < 4.78 is 4.89. The van der Waals surface area contributed by atoms with Gasteiger partial charge in [-0.15, -0.1) is 12.4 Å². The zero-order valence-electron chi connectivity index (χ0n) is 7.87. The smallest absolute Gasteiger partial charge is 0.308 e. The van der Waals surface area contributed by atoms with Gasteiger partial charge in [-0.25, -0.2) is 0 Å². The molecule has 3 nitrogen and oxygen atoms in total. The summed E-state index contributed by atoms with van der Waals surface area (Å²) >= 11 is 0. The Morgan fingerprint density at radius 1 is 1.50 bits per heavy atom. The Morgan fingerprint density at radius 3 is 2.33 bits per heavy atom. The summed E-state index contributed by atoms with van der Waals surface area (Å²) in [7, 11) is 0. The minimum atomic E-state index is -0.172. The third-order valence-corrected chi connectivity index (χ3v) is 1.44. The molecule has 12 heavy (non-hydrogen) atoms. The average molecular weight is 196 g/mol. The number of halogens is 1. The van der Waals surface area contributed by atoms with Crippen molar-refractivity contribution in [3.63, 3.8) is 0 Å². The lowest BCUT2D eigenvalue weighted by atomic mass is 10.2. The second-order valence-corrected chi connectivity index (χ2v) is 2.95. The van der Waals surface area contributed by atoms with Gasteiger partial charge in [0.05, 0.1) is 5.92 Å². The van der Waals surface area contributed by atoms with E-state index in [0.29, 0.717) is 6.61 Å². The first kappa shape index (κ1) is 14.3. The van der Waals surface area contributed by atoms with E-state index >= 15 is 0 Å². The quantitative estimate of drug-likeness (QED) is 0.689. The molecule has 1 atom stereocenters. The van der Waals surface area contributed by atoms with Crippen LogP contribution in [-0.4, -0.2) is 18.6 Å². The molecule has 0 fully saturated rings. The van der Waals surface area contributed by atoms with E-state index in [0.717, 1.165) is 6.42 Å². The third-order valence-electron chi connectivity index (χ3n) is 1.44. The maximum atomic E-state index is 10.9. The van der Waals surface area contributed by atoms with E-state index in [-0.39, 0.29) is 30.3 Å². The number of esters is 1. The second kappa shape index (κ2) is 7.37. The van der Waals surface area contributed by atoms with E-state index in [9.17, 15) is 4.79 Å². The van der Waals surface area contributed by atoms with E-state index in [2.05, 4.69) is 0 Å². The van der Waals surface area contributed by atoms with Crippen LogP contribution in [0.1, 0.15) is 27.2 Å². The number of ether oxygens (including phenoxy) is 1. The van der Waals surface area contributed by atoms with Gasteiger partial charge in [0, 0.05) is 6.04 Å². The van der Waals surface area contributed by atoms with Gasteiger partial charge in [-0.05, 0) is 6.42 Å². The Labute approximate surface area is 80.1 Å². The van der Waals surface area contributed by atoms with Crippen LogP contribution < -0.4 is 5.73 Å². The predicted octanol–water partition coefficient (Wildman–Crippen LogP) is 1.34.